The van der Waals surface area contributed by atoms with Gasteiger partial charge in [-0.15, -0.1) is 0 Å². The molecule has 106 valence electrons. The van der Waals surface area contributed by atoms with Gasteiger partial charge in [0.15, 0.2) is 5.78 Å². The van der Waals surface area contributed by atoms with E-state index in [1.807, 2.05) is 37.3 Å². The first-order valence-electron chi connectivity index (χ1n) is 7.08. The van der Waals surface area contributed by atoms with Crippen molar-refractivity contribution in [2.45, 2.75) is 19.8 Å². The van der Waals surface area contributed by atoms with Crippen molar-refractivity contribution >= 4 is 11.4 Å². The molecule has 1 atom stereocenters. The molecule has 0 aromatic heterocycles. The number of methoxy groups -OCH3 is 1. The highest BCUT2D eigenvalue weighted by Gasteiger charge is 2.32. The summed E-state index contributed by atoms with van der Waals surface area (Å²) in [5.74, 6) is 0.961. The van der Waals surface area contributed by atoms with Crippen molar-refractivity contribution in [3.63, 3.8) is 0 Å². The topological polar surface area (TPSA) is 26.3 Å². The zero-order valence-corrected chi connectivity index (χ0v) is 12.5. The van der Waals surface area contributed by atoms with E-state index >= 15 is 0 Å². The van der Waals surface area contributed by atoms with Gasteiger partial charge in [0.25, 0.3) is 0 Å². The highest BCUT2D eigenvalue weighted by atomic mass is 16.5. The number of fused-ring (bicyclic) bond motifs is 1. The number of carbonyl (C=O) groups excluding carboxylic acids is 1. The third kappa shape index (κ3) is 2.17. The van der Waals surface area contributed by atoms with E-state index in [4.69, 9.17) is 4.74 Å². The molecule has 0 saturated carbocycles. The van der Waals surface area contributed by atoms with Gasteiger partial charge in [-0.1, -0.05) is 36.4 Å². The fraction of sp³-hybridized carbons (Fsp3) is 0.211. The number of rotatable bonds is 3. The van der Waals surface area contributed by atoms with E-state index in [1.54, 1.807) is 14.0 Å². The van der Waals surface area contributed by atoms with E-state index < -0.39 is 0 Å². The molecule has 21 heavy (non-hydrogen) atoms. The first kappa shape index (κ1) is 13.6. The molecular formula is C19H18O2. The standard InChI is InChI=1S/C19H18O2/c1-12-16-9-4-5-10-17(16)19(18(12)13(2)20)14-7-6-8-15(11-14)21-3/h4-11,19H,1-3H3. The molecule has 1 aliphatic carbocycles. The Balaban J connectivity index is 2.21. The van der Waals surface area contributed by atoms with Crippen LogP contribution >= 0.6 is 0 Å². The van der Waals surface area contributed by atoms with Crippen LogP contribution in [-0.2, 0) is 4.79 Å². The molecule has 2 aromatic carbocycles. The molecule has 0 bridgehead atoms. The van der Waals surface area contributed by atoms with Gasteiger partial charge < -0.3 is 4.74 Å². The van der Waals surface area contributed by atoms with Crippen molar-refractivity contribution in [2.75, 3.05) is 7.11 Å². The van der Waals surface area contributed by atoms with Gasteiger partial charge in [-0.3, -0.25) is 4.79 Å². The van der Waals surface area contributed by atoms with Crippen LogP contribution in [0.15, 0.2) is 54.1 Å². The smallest absolute Gasteiger partial charge is 0.157 e. The highest BCUT2D eigenvalue weighted by molar-refractivity contribution is 6.05. The minimum atomic E-state index is 0.00815. The van der Waals surface area contributed by atoms with Crippen LogP contribution in [0.4, 0.5) is 0 Å². The second-order valence-corrected chi connectivity index (χ2v) is 5.39. The van der Waals surface area contributed by atoms with Crippen molar-refractivity contribution in [1.82, 2.24) is 0 Å². The Morgan fingerprint density at radius 1 is 1.10 bits per heavy atom. The summed E-state index contributed by atoms with van der Waals surface area (Å²) in [6, 6.07) is 16.2. The molecular weight excluding hydrogens is 260 g/mol. The SMILES string of the molecule is COc1cccc(C2C(C(C)=O)=C(C)c3ccccc32)c1. The maximum absolute atomic E-state index is 12.2. The van der Waals surface area contributed by atoms with Crippen LogP contribution in [0, 0.1) is 0 Å². The minimum Gasteiger partial charge on any atom is -0.497 e. The van der Waals surface area contributed by atoms with Gasteiger partial charge in [-0.25, -0.2) is 0 Å². The molecule has 2 nitrogen and oxygen atoms in total. The fourth-order valence-corrected chi connectivity index (χ4v) is 3.24. The highest BCUT2D eigenvalue weighted by Crippen LogP contribution is 2.46. The minimum absolute atomic E-state index is 0.00815. The quantitative estimate of drug-likeness (QED) is 0.841. The van der Waals surface area contributed by atoms with Gasteiger partial charge >= 0.3 is 0 Å². The number of carbonyl (C=O) groups is 1. The molecule has 1 aliphatic rings. The molecule has 0 saturated heterocycles. The number of hydrogen-bond acceptors (Lipinski definition) is 2. The van der Waals surface area contributed by atoms with Gasteiger partial charge in [0.1, 0.15) is 5.75 Å². The summed E-state index contributed by atoms with van der Waals surface area (Å²) < 4.78 is 5.32. The fourth-order valence-electron chi connectivity index (χ4n) is 3.24. The zero-order valence-electron chi connectivity index (χ0n) is 12.5. The number of allylic oxidation sites excluding steroid dienone is 2. The number of ketones is 1. The summed E-state index contributed by atoms with van der Waals surface area (Å²) in [5.41, 5.74) is 5.46. The Kier molecular flexibility index (Phi) is 3.38. The van der Waals surface area contributed by atoms with Gasteiger partial charge in [-0.2, -0.15) is 0 Å². The molecule has 0 N–H and O–H groups in total. The summed E-state index contributed by atoms with van der Waals surface area (Å²) in [6.45, 7) is 3.69. The van der Waals surface area contributed by atoms with E-state index in [1.165, 1.54) is 11.1 Å². The molecule has 0 fully saturated rings. The van der Waals surface area contributed by atoms with Crippen molar-refractivity contribution in [3.05, 3.63) is 70.8 Å². The average molecular weight is 278 g/mol. The molecule has 2 heteroatoms. The average Bonchev–Trinajstić information content (AvgIpc) is 2.81. The lowest BCUT2D eigenvalue weighted by atomic mass is 9.86. The molecule has 3 rings (SSSR count). The lowest BCUT2D eigenvalue weighted by Gasteiger charge is -2.16. The van der Waals surface area contributed by atoms with Crippen LogP contribution in [0.2, 0.25) is 0 Å². The van der Waals surface area contributed by atoms with Crippen LogP contribution in [0.1, 0.15) is 36.5 Å². The van der Waals surface area contributed by atoms with Gasteiger partial charge in [0.05, 0.1) is 7.11 Å². The maximum atomic E-state index is 12.2. The maximum Gasteiger partial charge on any atom is 0.157 e. The Bertz CT molecular complexity index is 741. The van der Waals surface area contributed by atoms with Crippen molar-refractivity contribution < 1.29 is 9.53 Å². The van der Waals surface area contributed by atoms with Gasteiger partial charge in [0.2, 0.25) is 0 Å². The molecule has 0 heterocycles. The summed E-state index contributed by atoms with van der Waals surface area (Å²) in [6.07, 6.45) is 0. The van der Waals surface area contributed by atoms with Crippen molar-refractivity contribution in [3.8, 4) is 5.75 Å². The Morgan fingerprint density at radius 3 is 2.57 bits per heavy atom. The Morgan fingerprint density at radius 2 is 1.86 bits per heavy atom. The molecule has 2 aromatic rings. The number of benzene rings is 2. The van der Waals surface area contributed by atoms with E-state index in [0.29, 0.717) is 0 Å². The molecule has 0 amide bonds. The summed E-state index contributed by atoms with van der Waals surface area (Å²) >= 11 is 0. The van der Waals surface area contributed by atoms with Crippen LogP contribution in [-0.4, -0.2) is 12.9 Å². The molecule has 0 radical (unpaired) electrons. The van der Waals surface area contributed by atoms with E-state index in [-0.39, 0.29) is 11.7 Å². The van der Waals surface area contributed by atoms with Crippen molar-refractivity contribution in [1.29, 1.82) is 0 Å². The summed E-state index contributed by atoms with van der Waals surface area (Å²) in [5, 5.41) is 0. The largest absolute Gasteiger partial charge is 0.497 e. The molecule has 0 aliphatic heterocycles. The normalized spacial score (nSPS) is 16.8. The number of hydrogen-bond donors (Lipinski definition) is 0. The molecule has 0 spiro atoms. The van der Waals surface area contributed by atoms with Gasteiger partial charge in [0, 0.05) is 11.5 Å². The second-order valence-electron chi connectivity index (χ2n) is 5.39. The van der Waals surface area contributed by atoms with Gasteiger partial charge in [-0.05, 0) is 48.2 Å². The van der Waals surface area contributed by atoms with Crippen LogP contribution < -0.4 is 4.74 Å². The van der Waals surface area contributed by atoms with E-state index in [2.05, 4.69) is 18.2 Å². The lowest BCUT2D eigenvalue weighted by molar-refractivity contribution is -0.113. The van der Waals surface area contributed by atoms with Crippen LogP contribution in [0.3, 0.4) is 0 Å². The number of ether oxygens (including phenoxy) is 1. The van der Waals surface area contributed by atoms with E-state index in [9.17, 15) is 4.79 Å². The van der Waals surface area contributed by atoms with Crippen LogP contribution in [0.25, 0.3) is 5.57 Å². The van der Waals surface area contributed by atoms with E-state index in [0.717, 1.165) is 22.5 Å². The predicted octanol–water partition coefficient (Wildman–Crippen LogP) is 4.20. The third-order valence-corrected chi connectivity index (χ3v) is 4.17. The monoisotopic (exact) mass is 278 g/mol. The molecule has 1 unspecified atom stereocenters. The first-order chi connectivity index (χ1) is 10.1. The summed E-state index contributed by atoms with van der Waals surface area (Å²) in [7, 11) is 1.66. The second kappa shape index (κ2) is 5.21. The third-order valence-electron chi connectivity index (χ3n) is 4.17. The number of Topliss-reactive ketones (excluding diaryl/α,β-unsaturated/α-hetero) is 1. The zero-order chi connectivity index (χ0) is 15.0. The van der Waals surface area contributed by atoms with Crippen LogP contribution in [0.5, 0.6) is 5.75 Å². The Labute approximate surface area is 125 Å². The lowest BCUT2D eigenvalue weighted by Crippen LogP contribution is -2.08. The predicted molar refractivity (Wildman–Crippen MR) is 84.6 cm³/mol. The summed E-state index contributed by atoms with van der Waals surface area (Å²) in [4.78, 5) is 12.2. The first-order valence-corrected chi connectivity index (χ1v) is 7.08. The van der Waals surface area contributed by atoms with Crippen molar-refractivity contribution in [2.24, 2.45) is 0 Å². The Hall–Kier alpha value is -2.35.